The molecule has 8 N–H and O–H groups in total. The maximum absolute atomic E-state index is 12.9. The van der Waals surface area contributed by atoms with E-state index < -0.39 is 24.2 Å². The lowest BCUT2D eigenvalue weighted by Crippen LogP contribution is -2.46. The van der Waals surface area contributed by atoms with Crippen LogP contribution in [0.4, 0.5) is 42.2 Å². The summed E-state index contributed by atoms with van der Waals surface area (Å²) in [6.45, 7) is 19.7. The minimum absolute atomic E-state index is 0.0253. The number of aromatic nitrogens is 2. The van der Waals surface area contributed by atoms with Gasteiger partial charge < -0.3 is 40.4 Å². The molecule has 0 aliphatic carbocycles. The topological polar surface area (TPSA) is 283 Å². The number of allylic oxidation sites excluding steroid dienone is 2. The molecule has 0 saturated carbocycles. The normalized spacial score (nSPS) is 12.8. The Balaban J connectivity index is 1.49. The van der Waals surface area contributed by atoms with Crippen LogP contribution in [0.1, 0.15) is 86.8 Å². The average Bonchev–Trinajstić information content (AvgIpc) is 3.31. The van der Waals surface area contributed by atoms with Gasteiger partial charge in [0.2, 0.25) is 18.3 Å². The van der Waals surface area contributed by atoms with E-state index in [0.717, 1.165) is 18.5 Å². The van der Waals surface area contributed by atoms with Crippen molar-refractivity contribution in [2.45, 2.75) is 88.0 Å². The number of hydrogen-bond acceptors (Lipinski definition) is 14. The molecule has 22 heteroatoms. The zero-order chi connectivity index (χ0) is 53.1. The second-order valence-corrected chi connectivity index (χ2v) is 19.1. The molecule has 1 heterocycles. The van der Waals surface area contributed by atoms with Gasteiger partial charge in [0.1, 0.15) is 19.0 Å². The van der Waals surface area contributed by atoms with Crippen molar-refractivity contribution < 1.29 is 38.2 Å². The summed E-state index contributed by atoms with van der Waals surface area (Å²) in [5, 5.41) is 27.4. The Morgan fingerprint density at radius 3 is 1.79 bits per heavy atom. The molecule has 7 amide bonds. The number of carbonyl (C=O) groups is 5. The lowest BCUT2D eigenvalue weighted by Gasteiger charge is -2.29. The van der Waals surface area contributed by atoms with Gasteiger partial charge in [-0.3, -0.25) is 30.5 Å². The summed E-state index contributed by atoms with van der Waals surface area (Å²) in [5.41, 5.74) is 2.26. The first-order valence-electron chi connectivity index (χ1n) is 24.0. The Labute approximate surface area is 422 Å². The molecule has 2 aromatic carbocycles. The minimum atomic E-state index is -0.568. The number of anilines is 2. The first kappa shape index (κ1) is 58.8. The smallest absolute Gasteiger partial charge is 0.407 e. The zero-order valence-electron chi connectivity index (χ0n) is 43.4. The number of ether oxygens (including phenoxy) is 3. The molecule has 2 unspecified atom stereocenters. The number of guanidine groups is 1. The van der Waals surface area contributed by atoms with Crippen molar-refractivity contribution in [2.75, 3.05) is 69.8 Å². The molecule has 0 aliphatic heterocycles. The molecule has 3 aromatic rings. The number of alkyl carbamates (subject to hydrolysis) is 2. The van der Waals surface area contributed by atoms with E-state index in [2.05, 4.69) is 76.3 Å². The van der Waals surface area contributed by atoms with Crippen LogP contribution in [0.3, 0.4) is 0 Å². The van der Waals surface area contributed by atoms with Gasteiger partial charge >= 0.3 is 24.2 Å². The Morgan fingerprint density at radius 1 is 0.792 bits per heavy atom. The van der Waals surface area contributed by atoms with Crippen molar-refractivity contribution in [1.29, 1.82) is 0 Å². The number of azo groups is 1. The average molecular weight is 1000 g/mol. The number of benzene rings is 2. The predicted molar refractivity (Wildman–Crippen MR) is 278 cm³/mol. The van der Waals surface area contributed by atoms with E-state index in [1.165, 1.54) is 6.07 Å². The molecule has 3 rings (SSSR count). The molecule has 0 radical (unpaired) electrons. The van der Waals surface area contributed by atoms with Crippen LogP contribution in [-0.4, -0.2) is 106 Å². The van der Waals surface area contributed by atoms with Gasteiger partial charge in [-0.05, 0) is 118 Å². The molecular formula is C50H75N13O9. The van der Waals surface area contributed by atoms with E-state index >= 15 is 0 Å². The minimum Gasteiger partial charge on any atom is -0.497 e. The summed E-state index contributed by atoms with van der Waals surface area (Å²) >= 11 is 0. The highest BCUT2D eigenvalue weighted by molar-refractivity contribution is 6.00. The standard InChI is InChI=1S/C50H75N13O9/c1-11-36(4)56-43(55-33-64)59-45(66)51-22-20-34(2)29-49(6,7)31-53-47(68)71-26-24-63(40-16-12-38(13-17-40)61-62-39-14-18-41(70-10)19-15-39)25-27-72-48(69)54-32-50(8,9)30-35(3)21-23-52-46(67)60-44-57-37(5)28-42(65)58-44/h11-19,28,33-35H,20-27,29-32H2,1-10H3,(H,53,68)(H,54,69)(H3,51,55,56,59,64,66)(H3,52,57,58,60,65,67)/b36-11-,62-61?. The number of hydrogen-bond donors (Lipinski definition) is 8. The monoisotopic (exact) mass is 1000 g/mol. The summed E-state index contributed by atoms with van der Waals surface area (Å²) in [5.74, 6) is 1.23. The fourth-order valence-electron chi connectivity index (χ4n) is 7.52. The van der Waals surface area contributed by atoms with Gasteiger partial charge in [0.05, 0.1) is 31.6 Å². The van der Waals surface area contributed by atoms with E-state index in [4.69, 9.17) is 14.2 Å². The number of aromatic amines is 1. The van der Waals surface area contributed by atoms with Crippen molar-refractivity contribution in [2.24, 2.45) is 37.9 Å². The van der Waals surface area contributed by atoms with Gasteiger partial charge in [0, 0.05) is 49.3 Å². The lowest BCUT2D eigenvalue weighted by atomic mass is 9.82. The quantitative estimate of drug-likeness (QED) is 0.0158. The van der Waals surface area contributed by atoms with E-state index in [9.17, 15) is 28.8 Å². The maximum Gasteiger partial charge on any atom is 0.407 e. The first-order chi connectivity index (χ1) is 34.2. The van der Waals surface area contributed by atoms with Crippen LogP contribution in [0, 0.1) is 29.6 Å². The number of methoxy groups -OCH3 is 1. The number of nitrogens with zero attached hydrogens (tertiary/aromatic N) is 5. The molecule has 394 valence electrons. The fourth-order valence-corrected chi connectivity index (χ4v) is 7.52. The van der Waals surface area contributed by atoms with Crippen LogP contribution < -0.4 is 52.4 Å². The van der Waals surface area contributed by atoms with E-state index in [0.29, 0.717) is 87.0 Å². The number of rotatable bonds is 27. The molecule has 2 atom stereocenters. The number of H-pyrrole nitrogens is 1. The Hall–Kier alpha value is -7.52. The Bertz CT molecular complexity index is 2350. The van der Waals surface area contributed by atoms with E-state index in [1.807, 2.05) is 56.9 Å². The highest BCUT2D eigenvalue weighted by Gasteiger charge is 2.24. The van der Waals surface area contributed by atoms with Crippen molar-refractivity contribution in [3.8, 4) is 5.75 Å². The number of urea groups is 2. The van der Waals surface area contributed by atoms with Gasteiger partial charge in [-0.1, -0.05) is 47.6 Å². The second-order valence-electron chi connectivity index (χ2n) is 19.1. The lowest BCUT2D eigenvalue weighted by molar-refractivity contribution is -0.108. The van der Waals surface area contributed by atoms with Crippen LogP contribution in [0.5, 0.6) is 5.75 Å². The van der Waals surface area contributed by atoms with Crippen molar-refractivity contribution in [3.05, 3.63) is 82.4 Å². The molecule has 0 aliphatic rings. The number of amides is 7. The third-order valence-corrected chi connectivity index (χ3v) is 11.1. The number of nitrogens with one attached hydrogen (secondary N) is 8. The molecule has 72 heavy (non-hydrogen) atoms. The van der Waals surface area contributed by atoms with Gasteiger partial charge in [-0.25, -0.2) is 29.2 Å². The fraction of sp³-hybridized carbons (Fsp3) is 0.520. The van der Waals surface area contributed by atoms with Crippen LogP contribution in [0.2, 0.25) is 0 Å². The summed E-state index contributed by atoms with van der Waals surface area (Å²) in [6, 6.07) is 14.9. The molecule has 0 spiro atoms. The highest BCUT2D eigenvalue weighted by atomic mass is 16.6. The maximum atomic E-state index is 12.9. The zero-order valence-corrected chi connectivity index (χ0v) is 43.4. The highest BCUT2D eigenvalue weighted by Crippen LogP contribution is 2.28. The largest absolute Gasteiger partial charge is 0.497 e. The van der Waals surface area contributed by atoms with Crippen LogP contribution in [0.25, 0.3) is 0 Å². The van der Waals surface area contributed by atoms with Crippen LogP contribution in [0.15, 0.2) is 86.4 Å². The Kier molecular flexibility index (Phi) is 24.7. The number of aliphatic imine (C=N–C) groups is 1. The van der Waals surface area contributed by atoms with Crippen LogP contribution in [-0.2, 0) is 14.3 Å². The molecular weight excluding hydrogens is 927 g/mol. The van der Waals surface area contributed by atoms with Crippen molar-refractivity contribution in [3.63, 3.8) is 0 Å². The molecule has 0 bridgehead atoms. The van der Waals surface area contributed by atoms with E-state index in [1.54, 1.807) is 58.2 Å². The van der Waals surface area contributed by atoms with Gasteiger partial charge in [0.15, 0.2) is 0 Å². The Morgan fingerprint density at radius 2 is 1.31 bits per heavy atom. The van der Waals surface area contributed by atoms with E-state index in [-0.39, 0.29) is 53.3 Å². The molecule has 1 aromatic heterocycles. The summed E-state index contributed by atoms with van der Waals surface area (Å²) in [6.07, 6.45) is 3.92. The number of aryl methyl sites for hydroxylation is 1. The summed E-state index contributed by atoms with van der Waals surface area (Å²) in [4.78, 5) is 85.8. The third-order valence-electron chi connectivity index (χ3n) is 11.1. The first-order valence-corrected chi connectivity index (χ1v) is 24.0. The number of carbonyl (C=O) groups excluding carboxylic acids is 5. The summed E-state index contributed by atoms with van der Waals surface area (Å²) in [7, 11) is 1.60. The molecule has 0 saturated heterocycles. The van der Waals surface area contributed by atoms with Crippen LogP contribution >= 0.6 is 0 Å². The van der Waals surface area contributed by atoms with Crippen molar-refractivity contribution in [1.82, 2.24) is 41.9 Å². The third kappa shape index (κ3) is 24.4. The molecule has 0 fully saturated rings. The SMILES string of the molecule is C/C=C(/C)N=C(NC=O)NC(=O)NCCC(C)CC(C)(C)CNC(=O)OCCN(CCOC(=O)NCC(C)(C)CC(C)CCNC(=O)Nc1nc(C)cc(=O)[nH]1)c1ccc(N=Nc2ccc(OC)cc2)cc1. The summed E-state index contributed by atoms with van der Waals surface area (Å²) < 4.78 is 16.4. The van der Waals surface area contributed by atoms with Gasteiger partial charge in [0.25, 0.3) is 5.56 Å². The second kappa shape index (κ2) is 30.3. The van der Waals surface area contributed by atoms with Gasteiger partial charge in [-0.15, -0.1) is 0 Å². The molecule has 22 nitrogen and oxygen atoms in total. The van der Waals surface area contributed by atoms with Gasteiger partial charge in [-0.2, -0.15) is 10.2 Å². The predicted octanol–water partition coefficient (Wildman–Crippen LogP) is 7.79. The van der Waals surface area contributed by atoms with Crippen molar-refractivity contribution >= 4 is 59.6 Å².